The van der Waals surface area contributed by atoms with Crippen LogP contribution in [0, 0.1) is 20.8 Å². The molecule has 2 amide bonds. The number of rotatable bonds is 10. The second kappa shape index (κ2) is 11.7. The molecule has 0 bridgehead atoms. The fourth-order valence-electron chi connectivity index (χ4n) is 3.60. The van der Waals surface area contributed by atoms with Crippen LogP contribution >= 0.6 is 15.9 Å². The molecule has 0 radical (unpaired) electrons. The van der Waals surface area contributed by atoms with Gasteiger partial charge < -0.3 is 20.5 Å². The van der Waals surface area contributed by atoms with Gasteiger partial charge in [0, 0.05) is 53.2 Å². The highest BCUT2D eigenvalue weighted by Crippen LogP contribution is 2.28. The third-order valence-electron chi connectivity index (χ3n) is 5.21. The first-order chi connectivity index (χ1) is 15.2. The van der Waals surface area contributed by atoms with E-state index in [0.717, 1.165) is 39.9 Å². The van der Waals surface area contributed by atoms with Crippen LogP contribution in [0.15, 0.2) is 40.1 Å². The van der Waals surface area contributed by atoms with Gasteiger partial charge in [0.25, 0.3) is 11.5 Å². The van der Waals surface area contributed by atoms with Crippen LogP contribution in [-0.2, 0) is 11.3 Å². The number of nitrogens with one attached hydrogen (secondary N) is 3. The molecule has 2 aromatic rings. The lowest BCUT2D eigenvalue weighted by Gasteiger charge is -2.27. The van der Waals surface area contributed by atoms with Gasteiger partial charge in [-0.15, -0.1) is 0 Å². The number of hydrogen-bond acceptors (Lipinski definition) is 4. The van der Waals surface area contributed by atoms with Crippen LogP contribution in [0.3, 0.4) is 0 Å². The highest BCUT2D eigenvalue weighted by molar-refractivity contribution is 9.10. The monoisotopic (exact) mass is 502 g/mol. The maximum Gasteiger partial charge on any atom is 0.253 e. The van der Waals surface area contributed by atoms with Crippen LogP contribution < -0.4 is 21.1 Å². The van der Waals surface area contributed by atoms with Gasteiger partial charge in [-0.1, -0.05) is 29.4 Å². The summed E-state index contributed by atoms with van der Waals surface area (Å²) in [4.78, 5) is 41.7. The number of nitrogens with zero attached hydrogens (tertiary/aromatic N) is 1. The molecule has 0 atom stereocenters. The summed E-state index contributed by atoms with van der Waals surface area (Å²) in [6, 6.07) is 5.65. The molecule has 0 unspecified atom stereocenters. The van der Waals surface area contributed by atoms with Gasteiger partial charge in [-0.25, -0.2) is 0 Å². The molecule has 8 heteroatoms. The molecule has 0 saturated carbocycles. The van der Waals surface area contributed by atoms with Gasteiger partial charge in [-0.2, -0.15) is 0 Å². The molecule has 172 valence electrons. The Morgan fingerprint density at radius 3 is 2.50 bits per heavy atom. The van der Waals surface area contributed by atoms with Crippen LogP contribution in [-0.4, -0.2) is 36.4 Å². The van der Waals surface area contributed by atoms with Crippen molar-refractivity contribution in [1.82, 2.24) is 15.6 Å². The second-order valence-corrected chi connectivity index (χ2v) is 8.62. The number of anilines is 1. The number of amides is 2. The fraction of sp³-hybridized carbons (Fsp3) is 0.375. The molecular weight excluding hydrogens is 472 g/mol. The second-order valence-electron chi connectivity index (χ2n) is 7.71. The maximum atomic E-state index is 13.0. The van der Waals surface area contributed by atoms with E-state index in [9.17, 15) is 14.4 Å². The summed E-state index contributed by atoms with van der Waals surface area (Å²) in [5.74, 6) is -0.463. The summed E-state index contributed by atoms with van der Waals surface area (Å²) in [5, 5.41) is 5.68. The summed E-state index contributed by atoms with van der Waals surface area (Å²) in [5.41, 5.74) is 4.27. The maximum absolute atomic E-state index is 13.0. The summed E-state index contributed by atoms with van der Waals surface area (Å²) in [6.07, 6.45) is 2.16. The average Bonchev–Trinajstić information content (AvgIpc) is 2.73. The number of hydrogen-bond donors (Lipinski definition) is 3. The molecule has 7 nitrogen and oxygen atoms in total. The van der Waals surface area contributed by atoms with E-state index in [2.05, 4.69) is 50.0 Å². The van der Waals surface area contributed by atoms with Gasteiger partial charge in [0.1, 0.15) is 0 Å². The number of carbonyl (C=O) groups is 2. The third-order valence-corrected chi connectivity index (χ3v) is 5.67. The number of carbonyl (C=O) groups excluding carboxylic acids is 2. The molecule has 1 heterocycles. The first-order valence-electron chi connectivity index (χ1n) is 10.6. The van der Waals surface area contributed by atoms with Crippen molar-refractivity contribution in [1.29, 1.82) is 0 Å². The topological polar surface area (TPSA) is 94.3 Å². The van der Waals surface area contributed by atoms with Crippen molar-refractivity contribution < 1.29 is 9.59 Å². The molecule has 0 aliphatic rings. The lowest BCUT2D eigenvalue weighted by atomic mass is 10.0. The van der Waals surface area contributed by atoms with E-state index in [0.29, 0.717) is 24.2 Å². The third kappa shape index (κ3) is 6.56. The van der Waals surface area contributed by atoms with Crippen molar-refractivity contribution in [3.8, 4) is 0 Å². The molecule has 1 aromatic carbocycles. The fourth-order valence-corrected chi connectivity index (χ4v) is 4.05. The standard InChI is InChI=1S/C24H31BrN4O3/c1-6-9-29(10-8-26-22(30)7-2)21-13-18(25)12-19(17(21)5)23(31)27-14-20-15(3)11-16(4)28-24(20)32/h7,11-13H,2,6,8-10,14H2,1,3-5H3,(H,26,30)(H,27,31)(H,28,32). The van der Waals surface area contributed by atoms with Gasteiger partial charge in [-0.05, 0) is 62.6 Å². The van der Waals surface area contributed by atoms with Crippen molar-refractivity contribution in [2.45, 2.75) is 40.7 Å². The Labute approximate surface area is 197 Å². The number of H-pyrrole nitrogens is 1. The van der Waals surface area contributed by atoms with E-state index < -0.39 is 0 Å². The Bertz CT molecular complexity index is 1060. The zero-order chi connectivity index (χ0) is 23.8. The van der Waals surface area contributed by atoms with Gasteiger partial charge in [0.05, 0.1) is 0 Å². The largest absolute Gasteiger partial charge is 0.370 e. The number of benzene rings is 1. The van der Waals surface area contributed by atoms with Crippen molar-refractivity contribution in [2.24, 2.45) is 0 Å². The Kier molecular flexibility index (Phi) is 9.26. The quantitative estimate of drug-likeness (QED) is 0.433. The molecule has 2 rings (SSSR count). The minimum absolute atomic E-state index is 0.147. The van der Waals surface area contributed by atoms with Crippen LogP contribution in [0.25, 0.3) is 0 Å². The van der Waals surface area contributed by atoms with Crippen LogP contribution in [0.4, 0.5) is 5.69 Å². The molecular formula is C24H31BrN4O3. The van der Waals surface area contributed by atoms with Gasteiger partial charge in [0.15, 0.2) is 0 Å². The molecule has 0 saturated heterocycles. The minimum Gasteiger partial charge on any atom is -0.370 e. The Hall–Kier alpha value is -2.87. The van der Waals surface area contributed by atoms with Gasteiger partial charge in [-0.3, -0.25) is 14.4 Å². The van der Waals surface area contributed by atoms with E-state index in [-0.39, 0.29) is 23.9 Å². The zero-order valence-corrected chi connectivity index (χ0v) is 20.7. The van der Waals surface area contributed by atoms with Crippen molar-refractivity contribution in [3.63, 3.8) is 0 Å². The smallest absolute Gasteiger partial charge is 0.253 e. The van der Waals surface area contributed by atoms with Crippen molar-refractivity contribution in [3.05, 3.63) is 73.6 Å². The van der Waals surface area contributed by atoms with Crippen LogP contribution in [0.1, 0.15) is 46.1 Å². The number of aryl methyl sites for hydroxylation is 2. The summed E-state index contributed by atoms with van der Waals surface area (Å²) < 4.78 is 0.781. The zero-order valence-electron chi connectivity index (χ0n) is 19.1. The first-order valence-corrected chi connectivity index (χ1v) is 11.4. The molecule has 3 N–H and O–H groups in total. The normalized spacial score (nSPS) is 10.5. The van der Waals surface area contributed by atoms with Crippen LogP contribution in [0.2, 0.25) is 0 Å². The van der Waals surface area contributed by atoms with E-state index in [1.807, 2.05) is 32.9 Å². The molecule has 0 spiro atoms. The van der Waals surface area contributed by atoms with Gasteiger partial charge >= 0.3 is 0 Å². The summed E-state index contributed by atoms with van der Waals surface area (Å²) in [6.45, 7) is 13.1. The lowest BCUT2D eigenvalue weighted by molar-refractivity contribution is -0.116. The Balaban J connectivity index is 2.25. The average molecular weight is 503 g/mol. The van der Waals surface area contributed by atoms with Crippen molar-refractivity contribution in [2.75, 3.05) is 24.5 Å². The SMILES string of the molecule is C=CC(=O)NCCN(CCC)c1cc(Br)cc(C(=O)NCc2c(C)cc(C)[nH]c2=O)c1C. The van der Waals surface area contributed by atoms with Gasteiger partial charge in [0.2, 0.25) is 5.91 Å². The molecule has 0 aliphatic carbocycles. The predicted octanol–water partition coefficient (Wildman–Crippen LogP) is 3.51. The summed E-state index contributed by atoms with van der Waals surface area (Å²) in [7, 11) is 0. The highest BCUT2D eigenvalue weighted by Gasteiger charge is 2.18. The van der Waals surface area contributed by atoms with E-state index in [1.54, 1.807) is 6.07 Å². The van der Waals surface area contributed by atoms with E-state index in [1.165, 1.54) is 6.08 Å². The number of aromatic amines is 1. The minimum atomic E-state index is -0.249. The number of pyridine rings is 1. The first kappa shape index (κ1) is 25.4. The molecule has 0 fully saturated rings. The lowest BCUT2D eigenvalue weighted by Crippen LogP contribution is -2.35. The predicted molar refractivity (Wildman–Crippen MR) is 132 cm³/mol. The van der Waals surface area contributed by atoms with Crippen molar-refractivity contribution >= 4 is 33.4 Å². The number of halogens is 1. The highest BCUT2D eigenvalue weighted by atomic mass is 79.9. The Morgan fingerprint density at radius 2 is 1.88 bits per heavy atom. The summed E-state index contributed by atoms with van der Waals surface area (Å²) >= 11 is 3.52. The Morgan fingerprint density at radius 1 is 1.16 bits per heavy atom. The molecule has 1 aromatic heterocycles. The van der Waals surface area contributed by atoms with E-state index in [4.69, 9.17) is 0 Å². The van der Waals surface area contributed by atoms with Crippen LogP contribution in [0.5, 0.6) is 0 Å². The number of aromatic nitrogens is 1. The molecule has 0 aliphatic heterocycles. The van der Waals surface area contributed by atoms with E-state index >= 15 is 0 Å². The molecule has 32 heavy (non-hydrogen) atoms.